The van der Waals surface area contributed by atoms with Crippen molar-refractivity contribution in [3.05, 3.63) is 44.0 Å². The van der Waals surface area contributed by atoms with Gasteiger partial charge in [-0.2, -0.15) is 0 Å². The summed E-state index contributed by atoms with van der Waals surface area (Å²) in [6.07, 6.45) is 3.92. The van der Waals surface area contributed by atoms with E-state index >= 15 is 0 Å². The minimum atomic E-state index is -1.64. The van der Waals surface area contributed by atoms with Crippen LogP contribution >= 0.6 is 0 Å². The number of carbonyl (C=O) groups is 4. The van der Waals surface area contributed by atoms with E-state index in [1.165, 1.54) is 0 Å². The van der Waals surface area contributed by atoms with Crippen LogP contribution in [0.15, 0.2) is 23.8 Å². The number of carbonyl (C=O) groups excluding carboxylic acids is 4. The van der Waals surface area contributed by atoms with Gasteiger partial charge in [0.05, 0.1) is 18.6 Å². The fourth-order valence-electron chi connectivity index (χ4n) is 9.24. The molecule has 4 aliphatic carbocycles. The number of ether oxygens (including phenoxy) is 4. The minimum Gasteiger partial charge on any atom is -0.462 e. The number of aliphatic hydroxyl groups excluding tert-OH is 1. The molecule has 18 nitrogen and oxygen atoms in total. The van der Waals surface area contributed by atoms with Crippen molar-refractivity contribution in [3.8, 4) is 0 Å². The molecule has 3 saturated carbocycles. The van der Waals surface area contributed by atoms with Gasteiger partial charge in [-0.05, 0) is 56.1 Å². The number of fused-ring (bicyclic) bond motifs is 7. The highest BCUT2D eigenvalue weighted by atomic mass is 17.0. The molecule has 0 bridgehead atoms. The molecule has 4 fully saturated rings. The van der Waals surface area contributed by atoms with E-state index in [1.807, 2.05) is 19.9 Å². The van der Waals surface area contributed by atoms with Gasteiger partial charge < -0.3 is 39.5 Å². The van der Waals surface area contributed by atoms with E-state index in [4.69, 9.17) is 24.7 Å². The minimum absolute atomic E-state index is 0.0103. The first kappa shape index (κ1) is 37.3. The Hall–Kier alpha value is -4.00. The second-order valence-corrected chi connectivity index (χ2v) is 14.1. The Labute approximate surface area is 286 Å². The van der Waals surface area contributed by atoms with Crippen LogP contribution in [0.1, 0.15) is 65.7 Å². The topological polar surface area (TPSA) is 256 Å². The molecule has 0 spiro atoms. The van der Waals surface area contributed by atoms with Gasteiger partial charge >= 0.3 is 11.9 Å². The van der Waals surface area contributed by atoms with Crippen LogP contribution in [0.25, 0.3) is 0 Å². The maximum absolute atomic E-state index is 14.3. The summed E-state index contributed by atoms with van der Waals surface area (Å²) >= 11 is 0. The maximum Gasteiger partial charge on any atom is 0.323 e. The Morgan fingerprint density at radius 3 is 2.58 bits per heavy atom. The highest BCUT2D eigenvalue weighted by Gasteiger charge is 2.75. The van der Waals surface area contributed by atoms with Crippen LogP contribution < -0.4 is 5.73 Å². The molecule has 1 heterocycles. The lowest BCUT2D eigenvalue weighted by Crippen LogP contribution is -2.63. The zero-order valence-corrected chi connectivity index (χ0v) is 28.1. The van der Waals surface area contributed by atoms with Crippen LogP contribution in [-0.4, -0.2) is 94.9 Å². The van der Waals surface area contributed by atoms with Crippen LogP contribution in [0, 0.1) is 48.8 Å². The molecule has 276 valence electrons. The summed E-state index contributed by atoms with van der Waals surface area (Å²) in [6.45, 7) is 3.46. The smallest absolute Gasteiger partial charge is 0.323 e. The number of ketones is 2. The highest BCUT2D eigenvalue weighted by molar-refractivity contribution is 6.01. The summed E-state index contributed by atoms with van der Waals surface area (Å²) in [5.74, 6) is -3.11. The molecule has 1 aliphatic heterocycles. The zero-order chi connectivity index (χ0) is 36.6. The van der Waals surface area contributed by atoms with Gasteiger partial charge in [0.1, 0.15) is 19.3 Å². The fourth-order valence-corrected chi connectivity index (χ4v) is 9.24. The van der Waals surface area contributed by atoms with Crippen LogP contribution in [0.2, 0.25) is 0 Å². The molecule has 0 aromatic rings. The lowest BCUT2D eigenvalue weighted by molar-refractivity contribution is -0.790. The predicted octanol–water partition coefficient (Wildman–Crippen LogP) is 1.31. The van der Waals surface area contributed by atoms with Crippen molar-refractivity contribution in [2.75, 3.05) is 19.8 Å². The van der Waals surface area contributed by atoms with Crippen molar-refractivity contribution >= 4 is 23.5 Å². The normalized spacial score (nSPS) is 36.4. The van der Waals surface area contributed by atoms with Crippen LogP contribution in [0.5, 0.6) is 0 Å². The Morgan fingerprint density at radius 2 is 1.90 bits per heavy atom. The lowest BCUT2D eigenvalue weighted by atomic mass is 9.46. The van der Waals surface area contributed by atoms with Gasteiger partial charge in [-0.15, -0.1) is 20.2 Å². The first-order valence-corrected chi connectivity index (χ1v) is 16.7. The summed E-state index contributed by atoms with van der Waals surface area (Å²) in [4.78, 5) is 80.8. The molecular weight excluding hydrogens is 666 g/mol. The van der Waals surface area contributed by atoms with Crippen molar-refractivity contribution < 1.29 is 63.1 Å². The number of esters is 2. The largest absolute Gasteiger partial charge is 0.462 e. The number of nitrogens with two attached hydrogens (primary N) is 1. The van der Waals surface area contributed by atoms with Gasteiger partial charge in [-0.3, -0.25) is 19.2 Å². The van der Waals surface area contributed by atoms with Gasteiger partial charge in [-0.1, -0.05) is 38.8 Å². The number of nitrogens with zero attached hydrogens (tertiary/aromatic N) is 2. The molecule has 0 amide bonds. The van der Waals surface area contributed by atoms with Gasteiger partial charge in [0.25, 0.3) is 10.2 Å². The van der Waals surface area contributed by atoms with Gasteiger partial charge in [0.15, 0.2) is 30.4 Å². The fraction of sp³-hybridized carbons (Fsp3) is 0.750. The second-order valence-electron chi connectivity index (χ2n) is 14.1. The van der Waals surface area contributed by atoms with E-state index in [9.17, 15) is 44.5 Å². The molecule has 5 aliphatic rings. The number of Topliss-reactive ketones (excluding diaryl/α,β-unsaturated/α-hetero) is 1. The number of rotatable bonds is 15. The molecule has 3 N–H and O–H groups in total. The molecule has 18 heteroatoms. The maximum atomic E-state index is 14.3. The number of allylic oxidation sites excluding steroid dienone is 4. The Bertz CT molecular complexity index is 1470. The van der Waals surface area contributed by atoms with Crippen molar-refractivity contribution in [1.29, 1.82) is 0 Å². The molecule has 0 aromatic carbocycles. The molecule has 0 aromatic heterocycles. The second kappa shape index (κ2) is 14.3. The summed E-state index contributed by atoms with van der Waals surface area (Å²) in [5.41, 5.74) is 3.83. The van der Waals surface area contributed by atoms with E-state index in [0.717, 1.165) is 12.0 Å². The Morgan fingerprint density at radius 1 is 1.16 bits per heavy atom. The van der Waals surface area contributed by atoms with Gasteiger partial charge in [0.2, 0.25) is 5.78 Å². The number of aliphatic hydroxyl groups is 1. The van der Waals surface area contributed by atoms with Crippen molar-refractivity contribution in [2.45, 2.75) is 102 Å². The van der Waals surface area contributed by atoms with Crippen LogP contribution in [0.4, 0.5) is 0 Å². The van der Waals surface area contributed by atoms with Gasteiger partial charge in [0, 0.05) is 16.7 Å². The molecule has 1 saturated heterocycles. The van der Waals surface area contributed by atoms with E-state index in [2.05, 4.69) is 16.6 Å². The Balaban J connectivity index is 1.26. The third-order valence-electron chi connectivity index (χ3n) is 11.3. The average molecular weight is 710 g/mol. The first-order valence-electron chi connectivity index (χ1n) is 16.7. The molecule has 6 unspecified atom stereocenters. The Kier molecular flexibility index (Phi) is 10.7. The quantitative estimate of drug-likeness (QED) is 0.138. The van der Waals surface area contributed by atoms with Crippen LogP contribution in [0.3, 0.4) is 0 Å². The SMILES string of the molecule is CCCC1O[C@@H]2CC3C4CCC5=CC(=O)C=C[C@]5(C)C4[C@@H](O)C[C@]3(C)[C@@]2(C(=O)COC(=O)CC(N)C(=O)OCC(CO[N+](=O)[O-])O[N+](=O)[O-])O1. The number of hydrogen-bond donors (Lipinski definition) is 2. The van der Waals surface area contributed by atoms with Crippen molar-refractivity contribution in [3.63, 3.8) is 0 Å². The molecule has 0 radical (unpaired) electrons. The zero-order valence-electron chi connectivity index (χ0n) is 28.1. The molecule has 50 heavy (non-hydrogen) atoms. The van der Waals surface area contributed by atoms with Crippen molar-refractivity contribution in [2.24, 2.45) is 34.3 Å². The third kappa shape index (κ3) is 6.72. The van der Waals surface area contributed by atoms with E-state index in [-0.39, 0.29) is 30.0 Å². The van der Waals surface area contributed by atoms with Gasteiger partial charge in [-0.25, -0.2) is 0 Å². The summed E-state index contributed by atoms with van der Waals surface area (Å²) < 4.78 is 23.0. The first-order chi connectivity index (χ1) is 23.5. The molecule has 5 rings (SSSR count). The standard InChI is InChI=1S/C32H43N3O15/c1-4-5-27-48-25-11-21-20-7-6-17-10-18(36)8-9-30(17,2)28(20)23(37)13-31(21,3)32(25,49-27)24(38)16-45-26(39)12-22(33)29(40)46-14-19(50-35(43)44)15-47-34(41)42/h8-10,19-23,25,27-28,37H,4-7,11-16,33H2,1-3H3/t19?,20?,21?,22?,23-,25+,27?,28?,30-,31-,32-/m0/s1. The molecular formula is C32H43N3O15. The van der Waals surface area contributed by atoms with E-state index < -0.39 is 101 Å². The highest BCUT2D eigenvalue weighted by Crippen LogP contribution is 2.69. The predicted molar refractivity (Wildman–Crippen MR) is 165 cm³/mol. The van der Waals surface area contributed by atoms with E-state index in [0.29, 0.717) is 25.7 Å². The lowest BCUT2D eigenvalue weighted by Gasteiger charge is -2.59. The summed E-state index contributed by atoms with van der Waals surface area (Å²) in [5, 5.41) is 30.4. The van der Waals surface area contributed by atoms with E-state index in [1.54, 1.807) is 12.2 Å². The third-order valence-corrected chi connectivity index (χ3v) is 11.3. The summed E-state index contributed by atoms with van der Waals surface area (Å²) in [7, 11) is 0. The summed E-state index contributed by atoms with van der Waals surface area (Å²) in [6, 6.07) is -1.61. The molecule has 11 atom stereocenters. The monoisotopic (exact) mass is 709 g/mol. The average Bonchev–Trinajstić information content (AvgIpc) is 3.52. The number of hydrogen-bond acceptors (Lipinski definition) is 16. The van der Waals surface area contributed by atoms with Crippen molar-refractivity contribution in [1.82, 2.24) is 0 Å². The van der Waals surface area contributed by atoms with Crippen LogP contribution in [-0.2, 0) is 47.8 Å².